The van der Waals surface area contributed by atoms with Gasteiger partial charge in [0, 0.05) is 24.8 Å². The molecule has 1 heterocycles. The number of hydrogen-bond donors (Lipinski definition) is 1. The zero-order valence-corrected chi connectivity index (χ0v) is 12.1. The summed E-state index contributed by atoms with van der Waals surface area (Å²) in [5.41, 5.74) is 8.75. The molecule has 1 atom stereocenters. The van der Waals surface area contributed by atoms with Crippen LogP contribution in [0.25, 0.3) is 0 Å². The number of nitrogens with two attached hydrogens (primary N) is 1. The lowest BCUT2D eigenvalue weighted by molar-refractivity contribution is 0.577. The van der Waals surface area contributed by atoms with Crippen LogP contribution in [0.2, 0.25) is 0 Å². The van der Waals surface area contributed by atoms with Crippen molar-refractivity contribution in [2.75, 3.05) is 18.0 Å². The number of hydrogen-bond acceptors (Lipinski definition) is 2. The molecule has 3 heteroatoms. The van der Waals surface area contributed by atoms with Crippen LogP contribution < -0.4 is 10.6 Å². The molecule has 0 saturated carbocycles. The molecule has 0 spiro atoms. The summed E-state index contributed by atoms with van der Waals surface area (Å²) in [6.45, 7) is 4.60. The van der Waals surface area contributed by atoms with Crippen molar-refractivity contribution < 1.29 is 0 Å². The van der Waals surface area contributed by atoms with E-state index in [2.05, 4.69) is 36.1 Å². The van der Waals surface area contributed by atoms with Gasteiger partial charge >= 0.3 is 0 Å². The van der Waals surface area contributed by atoms with Crippen molar-refractivity contribution in [1.29, 1.82) is 0 Å². The average Bonchev–Trinajstić information content (AvgIpc) is 2.40. The Bertz CT molecular complexity index is 331. The van der Waals surface area contributed by atoms with E-state index in [4.69, 9.17) is 5.73 Å². The normalized spacial score (nSPS) is 17.1. The van der Waals surface area contributed by atoms with Crippen LogP contribution in [0.1, 0.15) is 50.6 Å². The molecule has 1 aliphatic heterocycles. The molecule has 1 unspecified atom stereocenters. The minimum Gasteiger partial charge on any atom is -0.372 e. The van der Waals surface area contributed by atoms with Gasteiger partial charge in [-0.3, -0.25) is 0 Å². The first-order valence-electron chi connectivity index (χ1n) is 6.91. The van der Waals surface area contributed by atoms with E-state index in [-0.39, 0.29) is 18.4 Å². The van der Waals surface area contributed by atoms with E-state index >= 15 is 0 Å². The fraction of sp³-hybridized carbons (Fsp3) is 0.600. The fourth-order valence-corrected chi connectivity index (χ4v) is 2.56. The minimum atomic E-state index is 0. The third kappa shape index (κ3) is 3.89. The molecule has 1 aliphatic rings. The van der Waals surface area contributed by atoms with Crippen molar-refractivity contribution in [3.8, 4) is 0 Å². The van der Waals surface area contributed by atoms with Crippen LogP contribution in [-0.2, 0) is 0 Å². The standard InChI is InChI=1S/C15H24N2.ClH/c1-2-6-15(16)13-7-9-14(10-8-13)17-11-4-3-5-12-17;/h7-10,15H,2-6,11-12,16H2,1H3;1H. The maximum absolute atomic E-state index is 6.12. The van der Waals surface area contributed by atoms with E-state index in [1.165, 1.54) is 43.6 Å². The molecule has 0 aliphatic carbocycles. The van der Waals surface area contributed by atoms with Crippen molar-refractivity contribution in [3.05, 3.63) is 29.8 Å². The van der Waals surface area contributed by atoms with Gasteiger partial charge in [0.25, 0.3) is 0 Å². The molecule has 2 rings (SSSR count). The Balaban J connectivity index is 0.00000162. The van der Waals surface area contributed by atoms with Gasteiger partial charge in [0.15, 0.2) is 0 Å². The molecule has 1 aromatic carbocycles. The molecule has 0 aromatic heterocycles. The van der Waals surface area contributed by atoms with Crippen molar-refractivity contribution in [2.45, 2.75) is 45.1 Å². The predicted octanol–water partition coefficient (Wildman–Crippen LogP) is 3.90. The summed E-state index contributed by atoms with van der Waals surface area (Å²) in [6, 6.07) is 9.07. The molecule has 1 fully saturated rings. The molecule has 0 radical (unpaired) electrons. The summed E-state index contributed by atoms with van der Waals surface area (Å²) < 4.78 is 0. The Morgan fingerprint density at radius 3 is 2.28 bits per heavy atom. The maximum Gasteiger partial charge on any atom is 0.0366 e. The molecule has 2 nitrogen and oxygen atoms in total. The Kier molecular flexibility index (Phi) is 6.51. The third-order valence-corrected chi connectivity index (χ3v) is 3.64. The van der Waals surface area contributed by atoms with E-state index in [1.54, 1.807) is 0 Å². The van der Waals surface area contributed by atoms with Crippen LogP contribution >= 0.6 is 12.4 Å². The summed E-state index contributed by atoms with van der Waals surface area (Å²) >= 11 is 0. The van der Waals surface area contributed by atoms with Crippen molar-refractivity contribution in [2.24, 2.45) is 5.73 Å². The summed E-state index contributed by atoms with van der Waals surface area (Å²) in [6.07, 6.45) is 6.27. The number of nitrogens with zero attached hydrogens (tertiary/aromatic N) is 1. The summed E-state index contributed by atoms with van der Waals surface area (Å²) in [7, 11) is 0. The first kappa shape index (κ1) is 15.3. The molecule has 2 N–H and O–H groups in total. The summed E-state index contributed by atoms with van der Waals surface area (Å²) in [5, 5.41) is 0. The van der Waals surface area contributed by atoms with Crippen LogP contribution in [0.3, 0.4) is 0 Å². The van der Waals surface area contributed by atoms with E-state index in [9.17, 15) is 0 Å². The monoisotopic (exact) mass is 268 g/mol. The molecule has 0 amide bonds. The predicted molar refractivity (Wildman–Crippen MR) is 81.6 cm³/mol. The number of piperidine rings is 1. The van der Waals surface area contributed by atoms with Gasteiger partial charge in [-0.2, -0.15) is 0 Å². The molecule has 18 heavy (non-hydrogen) atoms. The molecular formula is C15H25ClN2. The maximum atomic E-state index is 6.12. The van der Waals surface area contributed by atoms with Gasteiger partial charge in [0.1, 0.15) is 0 Å². The van der Waals surface area contributed by atoms with Gasteiger partial charge in [-0.05, 0) is 43.4 Å². The molecule has 1 saturated heterocycles. The third-order valence-electron chi connectivity index (χ3n) is 3.64. The zero-order valence-electron chi connectivity index (χ0n) is 11.3. The second-order valence-electron chi connectivity index (χ2n) is 5.03. The number of halogens is 1. The molecule has 1 aromatic rings. The Hall–Kier alpha value is -0.730. The minimum absolute atomic E-state index is 0. The summed E-state index contributed by atoms with van der Waals surface area (Å²) in [5.74, 6) is 0. The van der Waals surface area contributed by atoms with Crippen LogP contribution in [0.4, 0.5) is 5.69 Å². The second-order valence-corrected chi connectivity index (χ2v) is 5.03. The SMILES string of the molecule is CCCC(N)c1ccc(N2CCCCC2)cc1.Cl. The molecule has 102 valence electrons. The van der Waals surface area contributed by atoms with Crippen LogP contribution in [0.15, 0.2) is 24.3 Å². The number of rotatable bonds is 4. The van der Waals surface area contributed by atoms with Crippen molar-refractivity contribution in [3.63, 3.8) is 0 Å². The van der Waals surface area contributed by atoms with Crippen LogP contribution in [0.5, 0.6) is 0 Å². The first-order chi connectivity index (χ1) is 8.31. The molecular weight excluding hydrogens is 244 g/mol. The van der Waals surface area contributed by atoms with Gasteiger partial charge in [-0.1, -0.05) is 25.5 Å². The lowest BCUT2D eigenvalue weighted by Crippen LogP contribution is -2.29. The average molecular weight is 269 g/mol. The van der Waals surface area contributed by atoms with Gasteiger partial charge in [0.2, 0.25) is 0 Å². The second kappa shape index (κ2) is 7.65. The largest absolute Gasteiger partial charge is 0.372 e. The van der Waals surface area contributed by atoms with E-state index in [0.717, 1.165) is 12.8 Å². The van der Waals surface area contributed by atoms with E-state index < -0.39 is 0 Å². The van der Waals surface area contributed by atoms with E-state index in [1.807, 2.05) is 0 Å². The Morgan fingerprint density at radius 1 is 1.11 bits per heavy atom. The Labute approximate surface area is 117 Å². The summed E-state index contributed by atoms with van der Waals surface area (Å²) in [4.78, 5) is 2.48. The quantitative estimate of drug-likeness (QED) is 0.897. The van der Waals surface area contributed by atoms with Crippen LogP contribution in [0, 0.1) is 0 Å². The van der Waals surface area contributed by atoms with Gasteiger partial charge < -0.3 is 10.6 Å². The van der Waals surface area contributed by atoms with Crippen molar-refractivity contribution >= 4 is 18.1 Å². The smallest absolute Gasteiger partial charge is 0.0366 e. The first-order valence-corrected chi connectivity index (χ1v) is 6.91. The highest BCUT2D eigenvalue weighted by molar-refractivity contribution is 5.85. The van der Waals surface area contributed by atoms with E-state index in [0.29, 0.717) is 0 Å². The number of benzene rings is 1. The topological polar surface area (TPSA) is 29.3 Å². The van der Waals surface area contributed by atoms with Crippen LogP contribution in [-0.4, -0.2) is 13.1 Å². The van der Waals surface area contributed by atoms with Gasteiger partial charge in [-0.25, -0.2) is 0 Å². The highest BCUT2D eigenvalue weighted by Gasteiger charge is 2.11. The number of anilines is 1. The lowest BCUT2D eigenvalue weighted by atomic mass is 10.0. The highest BCUT2D eigenvalue weighted by atomic mass is 35.5. The lowest BCUT2D eigenvalue weighted by Gasteiger charge is -2.29. The Morgan fingerprint density at radius 2 is 1.72 bits per heavy atom. The fourth-order valence-electron chi connectivity index (χ4n) is 2.56. The van der Waals surface area contributed by atoms with Crippen molar-refractivity contribution in [1.82, 2.24) is 0 Å². The van der Waals surface area contributed by atoms with Gasteiger partial charge in [-0.15, -0.1) is 12.4 Å². The zero-order chi connectivity index (χ0) is 12.1. The molecule has 0 bridgehead atoms. The van der Waals surface area contributed by atoms with Gasteiger partial charge in [0.05, 0.1) is 0 Å². The highest BCUT2D eigenvalue weighted by Crippen LogP contribution is 2.23.